The first kappa shape index (κ1) is 21.7. The van der Waals surface area contributed by atoms with E-state index in [1.54, 1.807) is 24.1 Å². The van der Waals surface area contributed by atoms with Crippen molar-refractivity contribution in [1.29, 1.82) is 0 Å². The minimum Gasteiger partial charge on any atom is -0.481 e. The van der Waals surface area contributed by atoms with Crippen molar-refractivity contribution in [2.75, 3.05) is 40.3 Å². The number of amides is 1. The molecule has 1 aliphatic heterocycles. The van der Waals surface area contributed by atoms with Crippen LogP contribution in [0.25, 0.3) is 17.1 Å². The van der Waals surface area contributed by atoms with E-state index in [0.29, 0.717) is 24.8 Å². The number of benzene rings is 1. The van der Waals surface area contributed by atoms with Crippen LogP contribution in [0.2, 0.25) is 0 Å². The van der Waals surface area contributed by atoms with Crippen molar-refractivity contribution < 1.29 is 9.53 Å². The third-order valence-corrected chi connectivity index (χ3v) is 5.07. The summed E-state index contributed by atoms with van der Waals surface area (Å²) >= 11 is 0. The molecule has 158 valence electrons. The van der Waals surface area contributed by atoms with Crippen molar-refractivity contribution >= 4 is 18.3 Å². The fourth-order valence-corrected chi connectivity index (χ4v) is 3.24. The molecule has 1 fully saturated rings. The Morgan fingerprint density at radius 2 is 1.73 bits per heavy atom. The van der Waals surface area contributed by atoms with E-state index in [1.165, 1.54) is 0 Å². The average molecular weight is 429 g/mol. The Labute approximate surface area is 181 Å². The van der Waals surface area contributed by atoms with Gasteiger partial charge in [-0.05, 0) is 32.2 Å². The van der Waals surface area contributed by atoms with Crippen molar-refractivity contribution in [3.63, 3.8) is 0 Å². The molecule has 9 heteroatoms. The predicted molar refractivity (Wildman–Crippen MR) is 117 cm³/mol. The zero-order valence-electron chi connectivity index (χ0n) is 17.3. The maximum absolute atomic E-state index is 13.0. The lowest BCUT2D eigenvalue weighted by molar-refractivity contribution is 0.0652. The Bertz CT molecular complexity index is 995. The number of hydrogen-bond acceptors (Lipinski definition) is 6. The standard InChI is InChI=1S/C21H24N6O2.ClH/c1-15-4-7-17(8-5-15)27-20(16-6-9-18(29-3)22-14-16)23-19(24-27)21(28)26-12-10-25(2)11-13-26;/h4-9,14H,10-13H2,1-3H3;1H. The SMILES string of the molecule is COc1ccc(-c2nc(C(=O)N3CCN(C)CC3)nn2-c2ccc(C)cc2)cn1.Cl. The summed E-state index contributed by atoms with van der Waals surface area (Å²) in [5.74, 6) is 1.14. The van der Waals surface area contributed by atoms with Crippen molar-refractivity contribution in [2.24, 2.45) is 0 Å². The molecule has 1 amide bonds. The largest absolute Gasteiger partial charge is 0.481 e. The normalized spacial score (nSPS) is 14.3. The molecule has 30 heavy (non-hydrogen) atoms. The number of halogens is 1. The van der Waals surface area contributed by atoms with Crippen LogP contribution in [0.4, 0.5) is 0 Å². The number of rotatable bonds is 4. The van der Waals surface area contributed by atoms with Gasteiger partial charge in [0.25, 0.3) is 5.91 Å². The smallest absolute Gasteiger partial charge is 0.293 e. The average Bonchev–Trinajstić information content (AvgIpc) is 3.20. The molecule has 1 aromatic carbocycles. The summed E-state index contributed by atoms with van der Waals surface area (Å²) in [4.78, 5) is 25.9. The second-order valence-electron chi connectivity index (χ2n) is 7.19. The van der Waals surface area contributed by atoms with Crippen LogP contribution >= 0.6 is 12.4 Å². The van der Waals surface area contributed by atoms with Crippen molar-refractivity contribution in [3.8, 4) is 23.0 Å². The number of carbonyl (C=O) groups excluding carboxylic acids is 1. The summed E-state index contributed by atoms with van der Waals surface area (Å²) in [6.07, 6.45) is 1.68. The quantitative estimate of drug-likeness (QED) is 0.635. The molecule has 0 aliphatic carbocycles. The molecule has 0 N–H and O–H groups in total. The highest BCUT2D eigenvalue weighted by Gasteiger charge is 2.26. The molecular weight excluding hydrogens is 404 g/mol. The van der Waals surface area contributed by atoms with Gasteiger partial charge in [-0.1, -0.05) is 17.7 Å². The van der Waals surface area contributed by atoms with E-state index in [9.17, 15) is 4.79 Å². The van der Waals surface area contributed by atoms with Crippen LogP contribution in [0.3, 0.4) is 0 Å². The molecule has 8 nitrogen and oxygen atoms in total. The third kappa shape index (κ3) is 4.44. The van der Waals surface area contributed by atoms with E-state index in [4.69, 9.17) is 4.74 Å². The molecule has 3 aromatic rings. The van der Waals surface area contributed by atoms with Gasteiger partial charge in [-0.25, -0.2) is 14.6 Å². The highest BCUT2D eigenvalue weighted by atomic mass is 35.5. The van der Waals surface area contributed by atoms with Crippen LogP contribution in [-0.4, -0.2) is 75.8 Å². The molecule has 0 saturated carbocycles. The zero-order valence-corrected chi connectivity index (χ0v) is 18.1. The second-order valence-corrected chi connectivity index (χ2v) is 7.19. The first-order valence-corrected chi connectivity index (χ1v) is 9.57. The number of aromatic nitrogens is 4. The number of hydrogen-bond donors (Lipinski definition) is 0. The van der Waals surface area contributed by atoms with Gasteiger partial charge in [-0.3, -0.25) is 4.79 Å². The number of pyridine rings is 1. The van der Waals surface area contributed by atoms with Crippen LogP contribution in [0, 0.1) is 6.92 Å². The summed E-state index contributed by atoms with van der Waals surface area (Å²) in [5, 5.41) is 4.56. The van der Waals surface area contributed by atoms with Gasteiger partial charge < -0.3 is 14.5 Å². The van der Waals surface area contributed by atoms with Crippen molar-refractivity contribution in [1.82, 2.24) is 29.5 Å². The number of ether oxygens (including phenoxy) is 1. The number of methoxy groups -OCH3 is 1. The van der Waals surface area contributed by atoms with Crippen molar-refractivity contribution in [3.05, 3.63) is 54.0 Å². The van der Waals surface area contributed by atoms with Crippen LogP contribution < -0.4 is 4.74 Å². The van der Waals surface area contributed by atoms with Gasteiger partial charge in [0.2, 0.25) is 11.7 Å². The van der Waals surface area contributed by atoms with E-state index in [-0.39, 0.29) is 24.1 Å². The Morgan fingerprint density at radius 1 is 1.03 bits per heavy atom. The highest BCUT2D eigenvalue weighted by Crippen LogP contribution is 2.23. The molecule has 0 unspecified atom stereocenters. The van der Waals surface area contributed by atoms with Crippen molar-refractivity contribution in [2.45, 2.75) is 6.92 Å². The minimum atomic E-state index is -0.147. The van der Waals surface area contributed by atoms with E-state index in [2.05, 4.69) is 27.0 Å². The second kappa shape index (κ2) is 9.23. The molecule has 0 bridgehead atoms. The van der Waals surface area contributed by atoms with Crippen LogP contribution in [0.1, 0.15) is 16.2 Å². The zero-order chi connectivity index (χ0) is 20.4. The lowest BCUT2D eigenvalue weighted by Crippen LogP contribution is -2.47. The summed E-state index contributed by atoms with van der Waals surface area (Å²) < 4.78 is 6.85. The fourth-order valence-electron chi connectivity index (χ4n) is 3.24. The van der Waals surface area contributed by atoms with Gasteiger partial charge >= 0.3 is 0 Å². The number of carbonyl (C=O) groups is 1. The van der Waals surface area contributed by atoms with E-state index in [1.807, 2.05) is 42.2 Å². The Hall–Kier alpha value is -2.97. The maximum Gasteiger partial charge on any atom is 0.293 e. The molecule has 0 atom stereocenters. The van der Waals surface area contributed by atoms with Gasteiger partial charge in [-0.2, -0.15) is 0 Å². The molecule has 1 saturated heterocycles. The van der Waals surface area contributed by atoms with Crippen LogP contribution in [0.15, 0.2) is 42.6 Å². The number of aryl methyl sites for hydroxylation is 1. The summed E-state index contributed by atoms with van der Waals surface area (Å²) in [6, 6.07) is 11.6. The lowest BCUT2D eigenvalue weighted by Gasteiger charge is -2.31. The Kier molecular flexibility index (Phi) is 6.69. The van der Waals surface area contributed by atoms with Gasteiger partial charge in [-0.15, -0.1) is 17.5 Å². The van der Waals surface area contributed by atoms with Gasteiger partial charge in [0.05, 0.1) is 12.8 Å². The third-order valence-electron chi connectivity index (χ3n) is 5.07. The van der Waals surface area contributed by atoms with Crippen LogP contribution in [-0.2, 0) is 0 Å². The lowest BCUT2D eigenvalue weighted by atomic mass is 10.2. The number of piperazine rings is 1. The maximum atomic E-state index is 13.0. The summed E-state index contributed by atoms with van der Waals surface area (Å²) in [6.45, 7) is 5.07. The number of likely N-dealkylation sites (N-methyl/N-ethyl adjacent to an activating group) is 1. The molecule has 0 radical (unpaired) electrons. The predicted octanol–water partition coefficient (Wildman–Crippen LogP) is 2.46. The van der Waals surface area contributed by atoms with Crippen LogP contribution in [0.5, 0.6) is 5.88 Å². The molecule has 1 aliphatic rings. The number of nitrogens with zero attached hydrogens (tertiary/aromatic N) is 6. The first-order chi connectivity index (χ1) is 14.0. The highest BCUT2D eigenvalue weighted by molar-refractivity contribution is 5.91. The Morgan fingerprint density at radius 3 is 2.33 bits per heavy atom. The van der Waals surface area contributed by atoms with Gasteiger partial charge in [0.1, 0.15) is 0 Å². The van der Waals surface area contributed by atoms with E-state index >= 15 is 0 Å². The van der Waals surface area contributed by atoms with E-state index < -0.39 is 0 Å². The minimum absolute atomic E-state index is 0. The monoisotopic (exact) mass is 428 g/mol. The summed E-state index contributed by atoms with van der Waals surface area (Å²) in [5.41, 5.74) is 2.75. The van der Waals surface area contributed by atoms with E-state index in [0.717, 1.165) is 29.9 Å². The molecule has 0 spiro atoms. The fraction of sp³-hybridized carbons (Fsp3) is 0.333. The van der Waals surface area contributed by atoms with Gasteiger partial charge in [0.15, 0.2) is 5.82 Å². The topological polar surface area (TPSA) is 76.4 Å². The summed E-state index contributed by atoms with van der Waals surface area (Å²) in [7, 11) is 3.63. The Balaban J connectivity index is 0.00000256. The molecule has 2 aromatic heterocycles. The molecule has 3 heterocycles. The molecular formula is C21H25ClN6O2. The molecule has 4 rings (SSSR count). The first-order valence-electron chi connectivity index (χ1n) is 9.57. The van der Waals surface area contributed by atoms with Gasteiger partial charge in [0, 0.05) is 44.0 Å².